The van der Waals surface area contributed by atoms with Gasteiger partial charge in [0.25, 0.3) is 0 Å². The molecule has 152 valence electrons. The van der Waals surface area contributed by atoms with Gasteiger partial charge in [0.15, 0.2) is 11.8 Å². The van der Waals surface area contributed by atoms with Crippen LogP contribution >= 0.6 is 0 Å². The Morgan fingerprint density at radius 1 is 1.19 bits per heavy atom. The van der Waals surface area contributed by atoms with Crippen molar-refractivity contribution < 1.29 is 4.74 Å². The molecule has 8 heteroatoms. The summed E-state index contributed by atoms with van der Waals surface area (Å²) in [4.78, 5) is 7.22. The lowest BCUT2D eigenvalue weighted by Crippen LogP contribution is -2.48. The number of nitrogens with one attached hydrogen (secondary N) is 2. The molecule has 0 spiro atoms. The molecule has 0 amide bonds. The average Bonchev–Trinajstić information content (AvgIpc) is 3.00. The number of hydrogen-bond donors (Lipinski definition) is 2. The smallest absolute Gasteiger partial charge is 0.191 e. The van der Waals surface area contributed by atoms with Crippen LogP contribution in [0.4, 0.5) is 0 Å². The van der Waals surface area contributed by atoms with Crippen LogP contribution in [0.3, 0.4) is 0 Å². The van der Waals surface area contributed by atoms with Gasteiger partial charge in [-0.05, 0) is 38.5 Å². The second kappa shape index (κ2) is 10.0. The third-order valence-electron chi connectivity index (χ3n) is 5.74. The maximum atomic E-state index is 5.42. The highest BCUT2D eigenvalue weighted by Gasteiger charge is 2.19. The van der Waals surface area contributed by atoms with E-state index in [1.54, 1.807) is 0 Å². The fourth-order valence-corrected chi connectivity index (χ4v) is 3.65. The van der Waals surface area contributed by atoms with E-state index < -0.39 is 0 Å². The highest BCUT2D eigenvalue weighted by molar-refractivity contribution is 5.80. The van der Waals surface area contributed by atoms with Crippen LogP contribution in [0, 0.1) is 12.8 Å². The van der Waals surface area contributed by atoms with Gasteiger partial charge in [0.1, 0.15) is 12.4 Å². The maximum Gasteiger partial charge on any atom is 0.191 e. The fraction of sp³-hybridized carbons (Fsp3) is 0.842. The molecule has 2 heterocycles. The quantitative estimate of drug-likeness (QED) is 0.570. The number of aromatic nitrogens is 3. The van der Waals surface area contributed by atoms with Crippen LogP contribution in [-0.4, -0.2) is 71.1 Å². The number of aliphatic imine (C=N–C) groups is 1. The number of aryl methyl sites for hydroxylation is 1. The van der Waals surface area contributed by atoms with Crippen molar-refractivity contribution in [1.82, 2.24) is 30.3 Å². The van der Waals surface area contributed by atoms with Crippen LogP contribution in [0.15, 0.2) is 4.99 Å². The zero-order valence-electron chi connectivity index (χ0n) is 17.1. The lowest BCUT2D eigenvalue weighted by Gasteiger charge is -2.29. The maximum absolute atomic E-state index is 5.42. The van der Waals surface area contributed by atoms with E-state index >= 15 is 0 Å². The van der Waals surface area contributed by atoms with Gasteiger partial charge in [-0.25, -0.2) is 4.99 Å². The van der Waals surface area contributed by atoms with E-state index in [0.29, 0.717) is 12.6 Å². The highest BCUT2D eigenvalue weighted by Crippen LogP contribution is 2.23. The molecular formula is C19H35N7O. The van der Waals surface area contributed by atoms with E-state index in [4.69, 9.17) is 9.73 Å². The first kappa shape index (κ1) is 20.1. The van der Waals surface area contributed by atoms with Gasteiger partial charge >= 0.3 is 0 Å². The SMILES string of the molecule is Cc1nnc(CN=C(NCCN2CCOCC2)NC2CCC(C)CC2)n1C. The molecule has 1 saturated carbocycles. The van der Waals surface area contributed by atoms with Crippen molar-refractivity contribution in [1.29, 1.82) is 0 Å². The second-order valence-electron chi connectivity index (χ2n) is 7.87. The monoisotopic (exact) mass is 377 g/mol. The van der Waals surface area contributed by atoms with Crippen molar-refractivity contribution in [2.24, 2.45) is 18.0 Å². The summed E-state index contributed by atoms with van der Waals surface area (Å²) in [7, 11) is 1.99. The first-order valence-corrected chi connectivity index (χ1v) is 10.3. The first-order chi connectivity index (χ1) is 13.1. The number of ether oxygens (including phenoxy) is 1. The summed E-state index contributed by atoms with van der Waals surface area (Å²) >= 11 is 0. The Morgan fingerprint density at radius 3 is 2.59 bits per heavy atom. The number of rotatable bonds is 6. The molecule has 0 radical (unpaired) electrons. The van der Waals surface area contributed by atoms with Crippen LogP contribution < -0.4 is 10.6 Å². The van der Waals surface area contributed by atoms with Crippen LogP contribution in [0.1, 0.15) is 44.3 Å². The summed E-state index contributed by atoms with van der Waals surface area (Å²) in [6, 6.07) is 0.511. The van der Waals surface area contributed by atoms with Crippen molar-refractivity contribution in [3.8, 4) is 0 Å². The summed E-state index contributed by atoms with van der Waals surface area (Å²) in [6.45, 7) is 10.4. The van der Waals surface area contributed by atoms with Crippen molar-refractivity contribution >= 4 is 5.96 Å². The Hall–Kier alpha value is -1.67. The third-order valence-corrected chi connectivity index (χ3v) is 5.74. The fourth-order valence-electron chi connectivity index (χ4n) is 3.65. The molecule has 2 aliphatic rings. The zero-order valence-corrected chi connectivity index (χ0v) is 17.1. The van der Waals surface area contributed by atoms with Gasteiger partial charge in [0.2, 0.25) is 0 Å². The predicted molar refractivity (Wildman–Crippen MR) is 107 cm³/mol. The Kier molecular flexibility index (Phi) is 7.46. The Bertz CT molecular complexity index is 601. The van der Waals surface area contributed by atoms with E-state index in [1.807, 2.05) is 18.5 Å². The van der Waals surface area contributed by atoms with Gasteiger partial charge < -0.3 is 19.9 Å². The number of hydrogen-bond acceptors (Lipinski definition) is 5. The Labute approximate surface area is 162 Å². The topological polar surface area (TPSA) is 79.6 Å². The molecule has 27 heavy (non-hydrogen) atoms. The largest absolute Gasteiger partial charge is 0.379 e. The summed E-state index contributed by atoms with van der Waals surface area (Å²) < 4.78 is 7.42. The van der Waals surface area contributed by atoms with Gasteiger partial charge in [-0.1, -0.05) is 6.92 Å². The second-order valence-corrected chi connectivity index (χ2v) is 7.87. The number of morpholine rings is 1. The summed E-state index contributed by atoms with van der Waals surface area (Å²) in [5.74, 6) is 3.54. The average molecular weight is 378 g/mol. The molecule has 2 fully saturated rings. The lowest BCUT2D eigenvalue weighted by molar-refractivity contribution is 0.0389. The minimum atomic E-state index is 0.511. The van der Waals surface area contributed by atoms with E-state index in [0.717, 1.165) is 62.9 Å². The molecular weight excluding hydrogens is 342 g/mol. The van der Waals surface area contributed by atoms with Gasteiger partial charge in [0, 0.05) is 39.3 Å². The standard InChI is InChI=1S/C19H35N7O/c1-15-4-6-17(7-5-15)22-19(20-8-9-26-10-12-27-13-11-26)21-14-18-24-23-16(2)25(18)3/h15,17H,4-14H2,1-3H3,(H2,20,21,22). The van der Waals surface area contributed by atoms with Crippen LogP contribution in [0.25, 0.3) is 0 Å². The summed E-state index contributed by atoms with van der Waals surface area (Å²) in [6.07, 6.45) is 5.02. The minimum absolute atomic E-state index is 0.511. The van der Waals surface area contributed by atoms with Crippen molar-refractivity contribution in [2.45, 2.75) is 52.1 Å². The lowest BCUT2D eigenvalue weighted by atomic mass is 9.87. The molecule has 1 aromatic heterocycles. The molecule has 1 saturated heterocycles. The Balaban J connectivity index is 1.55. The van der Waals surface area contributed by atoms with Gasteiger partial charge in [-0.3, -0.25) is 4.90 Å². The normalized spacial score (nSPS) is 24.8. The minimum Gasteiger partial charge on any atom is -0.379 e. The van der Waals surface area contributed by atoms with Gasteiger partial charge in [0.05, 0.1) is 13.2 Å². The van der Waals surface area contributed by atoms with Gasteiger partial charge in [-0.2, -0.15) is 0 Å². The van der Waals surface area contributed by atoms with Crippen LogP contribution in [-0.2, 0) is 18.3 Å². The molecule has 0 atom stereocenters. The number of nitrogens with zero attached hydrogens (tertiary/aromatic N) is 5. The molecule has 0 bridgehead atoms. The van der Waals surface area contributed by atoms with Crippen molar-refractivity contribution in [3.05, 3.63) is 11.6 Å². The molecule has 8 nitrogen and oxygen atoms in total. The van der Waals surface area contributed by atoms with E-state index in [1.165, 1.54) is 25.7 Å². The molecule has 0 unspecified atom stereocenters. The molecule has 1 aliphatic heterocycles. The third kappa shape index (κ3) is 6.17. The molecule has 0 aromatic carbocycles. The molecule has 3 rings (SSSR count). The van der Waals surface area contributed by atoms with Crippen molar-refractivity contribution in [3.63, 3.8) is 0 Å². The Morgan fingerprint density at radius 2 is 1.93 bits per heavy atom. The van der Waals surface area contributed by atoms with Crippen LogP contribution in [0.2, 0.25) is 0 Å². The molecule has 1 aliphatic carbocycles. The predicted octanol–water partition coefficient (Wildman–Crippen LogP) is 1.07. The van der Waals surface area contributed by atoms with E-state index in [-0.39, 0.29) is 0 Å². The van der Waals surface area contributed by atoms with E-state index in [9.17, 15) is 0 Å². The highest BCUT2D eigenvalue weighted by atomic mass is 16.5. The van der Waals surface area contributed by atoms with E-state index in [2.05, 4.69) is 32.7 Å². The summed E-state index contributed by atoms with van der Waals surface area (Å²) in [5.41, 5.74) is 0. The molecule has 2 N–H and O–H groups in total. The van der Waals surface area contributed by atoms with Gasteiger partial charge in [-0.15, -0.1) is 10.2 Å². The first-order valence-electron chi connectivity index (χ1n) is 10.3. The molecule has 1 aromatic rings. The van der Waals surface area contributed by atoms with Crippen molar-refractivity contribution in [2.75, 3.05) is 39.4 Å². The number of guanidine groups is 1. The zero-order chi connectivity index (χ0) is 19.1. The summed E-state index contributed by atoms with van der Waals surface area (Å²) in [5, 5.41) is 15.5. The van der Waals surface area contributed by atoms with Crippen LogP contribution in [0.5, 0.6) is 0 Å².